The molecule has 0 unspecified atom stereocenters. The Morgan fingerprint density at radius 3 is 2.33 bits per heavy atom. The number of nitrogens with one attached hydrogen (secondary N) is 1. The van der Waals surface area contributed by atoms with Gasteiger partial charge in [-0.05, 0) is 6.92 Å². The van der Waals surface area contributed by atoms with Crippen LogP contribution < -0.4 is 5.32 Å². The number of amides is 1. The summed E-state index contributed by atoms with van der Waals surface area (Å²) in [4.78, 5) is 21.2. The van der Waals surface area contributed by atoms with Gasteiger partial charge in [-0.25, -0.2) is 4.79 Å². The molecule has 5 nitrogen and oxygen atoms in total. The van der Waals surface area contributed by atoms with Gasteiger partial charge in [-0.3, -0.25) is 4.79 Å². The van der Waals surface area contributed by atoms with Gasteiger partial charge in [0.2, 0.25) is 12.1 Å². The second kappa shape index (κ2) is 4.50. The van der Waals surface area contributed by atoms with E-state index < -0.39 is 18.1 Å². The van der Waals surface area contributed by atoms with E-state index in [4.69, 9.17) is 5.11 Å². The number of hydrogen-bond acceptors (Lipinski definition) is 3. The molecule has 1 atom stereocenters. The number of carboxylic acid groups (broad SMARTS) is 1. The molecule has 0 spiro atoms. The van der Waals surface area contributed by atoms with E-state index in [9.17, 15) is 9.59 Å². The van der Waals surface area contributed by atoms with Crippen LogP contribution in [0.1, 0.15) is 6.92 Å². The van der Waals surface area contributed by atoms with Crippen LogP contribution in [0.3, 0.4) is 0 Å². The van der Waals surface area contributed by atoms with Crippen molar-refractivity contribution in [3.05, 3.63) is 12.2 Å². The minimum Gasteiger partial charge on any atom is -0.478 e. The largest absolute Gasteiger partial charge is 0.478 e. The summed E-state index contributed by atoms with van der Waals surface area (Å²) < 4.78 is 4.46. The lowest BCUT2D eigenvalue weighted by molar-refractivity contribution is -0.152. The molecule has 0 aliphatic heterocycles. The Hall–Kier alpha value is -1.36. The Balaban J connectivity index is 4.12. The van der Waals surface area contributed by atoms with Crippen molar-refractivity contribution < 1.29 is 19.4 Å². The summed E-state index contributed by atoms with van der Waals surface area (Å²) in [5.74, 6) is -1.78. The molecule has 12 heavy (non-hydrogen) atoms. The lowest BCUT2D eigenvalue weighted by Gasteiger charge is -2.11. The molecular weight excluding hydrogens is 162 g/mol. The molecule has 0 radical (unpaired) electrons. The highest BCUT2D eigenvalue weighted by molar-refractivity contribution is 5.94. The molecule has 0 heterocycles. The molecule has 1 amide bonds. The number of carboxylic acids is 1. The van der Waals surface area contributed by atoms with Crippen molar-refractivity contribution in [2.75, 3.05) is 7.11 Å². The zero-order chi connectivity index (χ0) is 9.72. The van der Waals surface area contributed by atoms with Crippen LogP contribution in [-0.2, 0) is 14.3 Å². The molecule has 2 N–H and O–H groups in total. The highest BCUT2D eigenvalue weighted by Crippen LogP contribution is 1.90. The van der Waals surface area contributed by atoms with E-state index in [1.165, 1.54) is 14.0 Å². The van der Waals surface area contributed by atoms with Crippen LogP contribution in [0.5, 0.6) is 0 Å². The second-order valence-corrected chi connectivity index (χ2v) is 2.21. The highest BCUT2D eigenvalue weighted by Gasteiger charge is 2.18. The topological polar surface area (TPSA) is 75.6 Å². The van der Waals surface area contributed by atoms with Crippen molar-refractivity contribution in [1.82, 2.24) is 5.32 Å². The maximum atomic E-state index is 10.9. The fourth-order valence-corrected chi connectivity index (χ4v) is 0.464. The molecule has 0 saturated carbocycles. The van der Waals surface area contributed by atoms with E-state index in [0.717, 1.165) is 0 Å². The number of hydrogen-bond donors (Lipinski definition) is 2. The number of methoxy groups -OCH3 is 1. The molecule has 0 rings (SSSR count). The second-order valence-electron chi connectivity index (χ2n) is 2.21. The minimum absolute atomic E-state index is 0.235. The number of carbonyl (C=O) groups excluding carboxylic acids is 1. The zero-order valence-electron chi connectivity index (χ0n) is 6.96. The Labute approximate surface area is 70.0 Å². The summed E-state index contributed by atoms with van der Waals surface area (Å²) in [6.07, 6.45) is -1.31. The third-order valence-electron chi connectivity index (χ3n) is 1.11. The maximum Gasteiger partial charge on any atom is 0.354 e. The summed E-state index contributed by atoms with van der Waals surface area (Å²) in [7, 11) is 1.19. The first-order valence-corrected chi connectivity index (χ1v) is 3.21. The average molecular weight is 173 g/mol. The van der Waals surface area contributed by atoms with Gasteiger partial charge in [0, 0.05) is 12.7 Å². The summed E-state index contributed by atoms with van der Waals surface area (Å²) in [5.41, 5.74) is 0.235. The predicted octanol–water partition coefficient (Wildman–Crippen LogP) is -0.264. The third-order valence-corrected chi connectivity index (χ3v) is 1.11. The molecule has 0 aromatic rings. The molecule has 0 aliphatic carbocycles. The zero-order valence-corrected chi connectivity index (χ0v) is 6.96. The number of ether oxygens (including phenoxy) is 1. The lowest BCUT2D eigenvalue weighted by atomic mass is 10.3. The molecule has 0 aromatic heterocycles. The van der Waals surface area contributed by atoms with E-state index in [-0.39, 0.29) is 5.57 Å². The Bertz CT molecular complexity index is 211. The van der Waals surface area contributed by atoms with Gasteiger partial charge in [0.25, 0.3) is 0 Å². The van der Waals surface area contributed by atoms with E-state index in [1.54, 1.807) is 0 Å². The van der Waals surface area contributed by atoms with Crippen molar-refractivity contribution in [3.63, 3.8) is 0 Å². The van der Waals surface area contributed by atoms with Gasteiger partial charge in [-0.15, -0.1) is 0 Å². The van der Waals surface area contributed by atoms with E-state index in [0.29, 0.717) is 0 Å². The van der Waals surface area contributed by atoms with E-state index in [2.05, 4.69) is 16.6 Å². The lowest BCUT2D eigenvalue weighted by Crippen LogP contribution is -2.42. The number of rotatable bonds is 4. The van der Waals surface area contributed by atoms with E-state index >= 15 is 0 Å². The van der Waals surface area contributed by atoms with Crippen LogP contribution in [-0.4, -0.2) is 30.3 Å². The first-order chi connectivity index (χ1) is 5.49. The third kappa shape index (κ3) is 3.16. The van der Waals surface area contributed by atoms with Crippen LogP contribution in [0.4, 0.5) is 0 Å². The highest BCUT2D eigenvalue weighted by atomic mass is 16.5. The fraction of sp³-hybridized carbons (Fsp3) is 0.429. The van der Waals surface area contributed by atoms with Crippen LogP contribution >= 0.6 is 0 Å². The Morgan fingerprint density at radius 1 is 1.58 bits per heavy atom. The molecule has 68 valence electrons. The van der Waals surface area contributed by atoms with Gasteiger partial charge in [0.05, 0.1) is 0 Å². The van der Waals surface area contributed by atoms with Crippen LogP contribution in [0.15, 0.2) is 12.2 Å². The molecule has 0 bridgehead atoms. The fourth-order valence-electron chi connectivity index (χ4n) is 0.464. The number of aliphatic carboxylic acids is 1. The number of carbonyl (C=O) groups is 2. The SMILES string of the molecule is C=C(C)C(=O)N[C@@H](OC)C(=O)O. The van der Waals surface area contributed by atoms with Gasteiger partial charge >= 0.3 is 5.97 Å². The summed E-state index contributed by atoms with van der Waals surface area (Å²) in [6.45, 7) is 4.82. The standard InChI is InChI=1S/C7H11NO4/c1-4(2)5(9)8-6(12-3)7(10)11/h6H,1H2,2-3H3,(H,8,9)(H,10,11)/t6-/m0/s1. The van der Waals surface area contributed by atoms with Crippen molar-refractivity contribution in [1.29, 1.82) is 0 Å². The molecule has 5 heteroatoms. The minimum atomic E-state index is -1.31. The predicted molar refractivity (Wildman–Crippen MR) is 41.4 cm³/mol. The van der Waals surface area contributed by atoms with Gasteiger partial charge in [0.15, 0.2) is 0 Å². The molecule has 0 saturated heterocycles. The van der Waals surface area contributed by atoms with Crippen LogP contribution in [0.25, 0.3) is 0 Å². The smallest absolute Gasteiger partial charge is 0.354 e. The van der Waals surface area contributed by atoms with Crippen molar-refractivity contribution in [2.24, 2.45) is 0 Å². The van der Waals surface area contributed by atoms with Crippen molar-refractivity contribution >= 4 is 11.9 Å². The molecule has 0 aliphatic rings. The summed E-state index contributed by atoms with van der Waals surface area (Å²) >= 11 is 0. The molecule has 0 fully saturated rings. The Kier molecular flexibility index (Phi) is 3.99. The van der Waals surface area contributed by atoms with Gasteiger partial charge in [-0.2, -0.15) is 0 Å². The van der Waals surface area contributed by atoms with Crippen molar-refractivity contribution in [3.8, 4) is 0 Å². The van der Waals surface area contributed by atoms with Crippen molar-refractivity contribution in [2.45, 2.75) is 13.2 Å². The van der Waals surface area contributed by atoms with Gasteiger partial charge in [0.1, 0.15) is 0 Å². The molecular formula is C7H11NO4. The van der Waals surface area contributed by atoms with E-state index in [1.807, 2.05) is 0 Å². The monoisotopic (exact) mass is 173 g/mol. The normalized spacial score (nSPS) is 11.8. The quantitative estimate of drug-likeness (QED) is 0.453. The van der Waals surface area contributed by atoms with Crippen LogP contribution in [0, 0.1) is 0 Å². The van der Waals surface area contributed by atoms with Gasteiger partial charge in [-0.1, -0.05) is 6.58 Å². The van der Waals surface area contributed by atoms with Gasteiger partial charge < -0.3 is 15.2 Å². The first-order valence-electron chi connectivity index (χ1n) is 3.21. The van der Waals surface area contributed by atoms with Crippen LogP contribution in [0.2, 0.25) is 0 Å². The Morgan fingerprint density at radius 2 is 2.08 bits per heavy atom. The average Bonchev–Trinajstić information content (AvgIpc) is 1.98. The summed E-state index contributed by atoms with van der Waals surface area (Å²) in [6, 6.07) is 0. The molecule has 0 aromatic carbocycles. The first kappa shape index (κ1) is 10.6. The summed E-state index contributed by atoms with van der Waals surface area (Å²) in [5, 5.41) is 10.5. The maximum absolute atomic E-state index is 10.9.